The Bertz CT molecular complexity index is 523. The molecule has 0 radical (unpaired) electrons. The molecular formula is C15H17N3O. The van der Waals surface area contributed by atoms with Crippen molar-refractivity contribution in [3.63, 3.8) is 0 Å². The van der Waals surface area contributed by atoms with E-state index in [-0.39, 0.29) is 5.91 Å². The Labute approximate surface area is 112 Å². The Morgan fingerprint density at radius 3 is 2.37 bits per heavy atom. The van der Waals surface area contributed by atoms with Gasteiger partial charge in [0.25, 0.3) is 0 Å². The number of aromatic nitrogens is 1. The van der Waals surface area contributed by atoms with Gasteiger partial charge in [0, 0.05) is 18.1 Å². The number of pyridine rings is 1. The van der Waals surface area contributed by atoms with E-state index < -0.39 is 0 Å². The van der Waals surface area contributed by atoms with Crippen molar-refractivity contribution in [2.45, 2.75) is 12.8 Å². The fraction of sp³-hybridized carbons (Fsp3) is 0.200. The van der Waals surface area contributed by atoms with E-state index >= 15 is 0 Å². The highest BCUT2D eigenvalue weighted by Crippen LogP contribution is 2.10. The van der Waals surface area contributed by atoms with E-state index in [9.17, 15) is 4.79 Å². The number of nitrogens with zero attached hydrogens (tertiary/aromatic N) is 1. The number of carbonyl (C=O) groups excluding carboxylic acids is 1. The Hall–Kier alpha value is -2.20. The lowest BCUT2D eigenvalue weighted by atomic mass is 10.1. The highest BCUT2D eigenvalue weighted by molar-refractivity contribution is 5.92. The van der Waals surface area contributed by atoms with Crippen molar-refractivity contribution < 1.29 is 4.79 Å². The van der Waals surface area contributed by atoms with Crippen LogP contribution in [0.15, 0.2) is 48.8 Å². The molecule has 2 rings (SSSR count). The van der Waals surface area contributed by atoms with Gasteiger partial charge in [-0.3, -0.25) is 9.78 Å². The van der Waals surface area contributed by atoms with Crippen LogP contribution in [0, 0.1) is 0 Å². The summed E-state index contributed by atoms with van der Waals surface area (Å²) in [6, 6.07) is 11.4. The topological polar surface area (TPSA) is 68.0 Å². The normalized spacial score (nSPS) is 10.2. The molecule has 0 aliphatic carbocycles. The fourth-order valence-corrected chi connectivity index (χ4v) is 1.81. The molecule has 0 fully saturated rings. The second-order valence-corrected chi connectivity index (χ2v) is 4.32. The van der Waals surface area contributed by atoms with E-state index in [0.29, 0.717) is 13.0 Å². The van der Waals surface area contributed by atoms with Crippen molar-refractivity contribution in [3.8, 4) is 0 Å². The van der Waals surface area contributed by atoms with Gasteiger partial charge in [-0.05, 0) is 48.4 Å². The lowest BCUT2D eigenvalue weighted by molar-refractivity contribution is -0.115. The third kappa shape index (κ3) is 4.19. The summed E-state index contributed by atoms with van der Waals surface area (Å²) in [5.74, 6) is -0.0298. The highest BCUT2D eigenvalue weighted by atomic mass is 16.1. The first-order valence-corrected chi connectivity index (χ1v) is 6.25. The number of benzene rings is 1. The number of anilines is 1. The van der Waals surface area contributed by atoms with Gasteiger partial charge < -0.3 is 11.1 Å². The van der Waals surface area contributed by atoms with E-state index in [2.05, 4.69) is 10.3 Å². The Morgan fingerprint density at radius 2 is 1.74 bits per heavy atom. The average molecular weight is 255 g/mol. The molecule has 0 bridgehead atoms. The lowest BCUT2D eigenvalue weighted by Gasteiger charge is -2.06. The molecule has 0 aliphatic heterocycles. The van der Waals surface area contributed by atoms with Crippen LogP contribution in [0.1, 0.15) is 11.1 Å². The molecule has 19 heavy (non-hydrogen) atoms. The van der Waals surface area contributed by atoms with Gasteiger partial charge in [-0.2, -0.15) is 0 Å². The Morgan fingerprint density at radius 1 is 1.05 bits per heavy atom. The number of nitrogens with one attached hydrogen (secondary N) is 1. The van der Waals surface area contributed by atoms with Gasteiger partial charge in [-0.25, -0.2) is 0 Å². The predicted molar refractivity (Wildman–Crippen MR) is 75.8 cm³/mol. The first-order chi connectivity index (χ1) is 9.28. The molecule has 98 valence electrons. The van der Waals surface area contributed by atoms with Gasteiger partial charge in [0.2, 0.25) is 5.91 Å². The highest BCUT2D eigenvalue weighted by Gasteiger charge is 2.03. The number of carbonyl (C=O) groups is 1. The molecule has 0 atom stereocenters. The summed E-state index contributed by atoms with van der Waals surface area (Å²) in [6.45, 7) is 0.633. The molecular weight excluding hydrogens is 238 g/mol. The van der Waals surface area contributed by atoms with E-state index in [1.165, 1.54) is 5.56 Å². The molecule has 3 N–H and O–H groups in total. The van der Waals surface area contributed by atoms with Gasteiger partial charge in [-0.15, -0.1) is 0 Å². The number of hydrogen-bond acceptors (Lipinski definition) is 3. The molecule has 0 spiro atoms. The first-order valence-electron chi connectivity index (χ1n) is 6.25. The van der Waals surface area contributed by atoms with Gasteiger partial charge >= 0.3 is 0 Å². The van der Waals surface area contributed by atoms with E-state index in [1.807, 2.05) is 36.4 Å². The zero-order valence-electron chi connectivity index (χ0n) is 10.7. The maximum atomic E-state index is 11.8. The third-order valence-electron chi connectivity index (χ3n) is 2.78. The molecule has 0 saturated carbocycles. The SMILES string of the molecule is NCCc1ccc(NC(=O)Cc2ccncc2)cc1. The zero-order valence-corrected chi connectivity index (χ0v) is 10.7. The third-order valence-corrected chi connectivity index (χ3v) is 2.78. The second kappa shape index (κ2) is 6.66. The van der Waals surface area contributed by atoms with Crippen molar-refractivity contribution in [2.24, 2.45) is 5.73 Å². The molecule has 1 aromatic heterocycles. The summed E-state index contributed by atoms with van der Waals surface area (Å²) < 4.78 is 0. The van der Waals surface area contributed by atoms with Gasteiger partial charge in [0.1, 0.15) is 0 Å². The number of rotatable bonds is 5. The van der Waals surface area contributed by atoms with Crippen LogP contribution in [0.2, 0.25) is 0 Å². The minimum absolute atomic E-state index is 0.0298. The van der Waals surface area contributed by atoms with Crippen LogP contribution >= 0.6 is 0 Å². The fourth-order valence-electron chi connectivity index (χ4n) is 1.81. The number of hydrogen-bond donors (Lipinski definition) is 2. The van der Waals surface area contributed by atoms with E-state index in [0.717, 1.165) is 17.7 Å². The second-order valence-electron chi connectivity index (χ2n) is 4.32. The summed E-state index contributed by atoms with van der Waals surface area (Å²) in [6.07, 6.45) is 4.58. The van der Waals surface area contributed by atoms with Gasteiger partial charge in [-0.1, -0.05) is 12.1 Å². The summed E-state index contributed by atoms with van der Waals surface area (Å²) in [5.41, 5.74) is 8.42. The molecule has 2 aromatic rings. The first kappa shape index (κ1) is 13.2. The molecule has 0 saturated heterocycles. The minimum Gasteiger partial charge on any atom is -0.330 e. The van der Waals surface area contributed by atoms with E-state index in [4.69, 9.17) is 5.73 Å². The summed E-state index contributed by atoms with van der Waals surface area (Å²) in [4.78, 5) is 15.8. The minimum atomic E-state index is -0.0298. The molecule has 0 unspecified atom stereocenters. The maximum Gasteiger partial charge on any atom is 0.228 e. The Balaban J connectivity index is 1.91. The van der Waals surface area contributed by atoms with Crippen LogP contribution in [0.5, 0.6) is 0 Å². The number of amides is 1. The van der Waals surface area contributed by atoms with Crippen LogP contribution in [0.3, 0.4) is 0 Å². The number of nitrogens with two attached hydrogens (primary N) is 1. The monoisotopic (exact) mass is 255 g/mol. The predicted octanol–water partition coefficient (Wildman–Crippen LogP) is 1.76. The molecule has 0 aliphatic rings. The molecule has 1 amide bonds. The van der Waals surface area contributed by atoms with Crippen molar-refractivity contribution in [1.82, 2.24) is 4.98 Å². The van der Waals surface area contributed by atoms with Crippen molar-refractivity contribution >= 4 is 11.6 Å². The van der Waals surface area contributed by atoms with Crippen molar-refractivity contribution in [2.75, 3.05) is 11.9 Å². The van der Waals surface area contributed by atoms with Crippen LogP contribution in [0.4, 0.5) is 5.69 Å². The molecule has 1 heterocycles. The average Bonchev–Trinajstić information content (AvgIpc) is 2.42. The quantitative estimate of drug-likeness (QED) is 0.855. The van der Waals surface area contributed by atoms with Crippen LogP contribution in [0.25, 0.3) is 0 Å². The smallest absolute Gasteiger partial charge is 0.228 e. The van der Waals surface area contributed by atoms with Crippen LogP contribution in [-0.4, -0.2) is 17.4 Å². The standard InChI is InChI=1S/C15H17N3O/c16-8-5-12-1-3-14(4-2-12)18-15(19)11-13-6-9-17-10-7-13/h1-4,6-7,9-10H,5,8,11,16H2,(H,18,19). The summed E-state index contributed by atoms with van der Waals surface area (Å²) in [7, 11) is 0. The molecule has 4 heteroatoms. The van der Waals surface area contributed by atoms with Gasteiger partial charge in [0.05, 0.1) is 6.42 Å². The molecule has 1 aromatic carbocycles. The van der Waals surface area contributed by atoms with Crippen molar-refractivity contribution in [1.29, 1.82) is 0 Å². The Kier molecular flexibility index (Phi) is 4.64. The van der Waals surface area contributed by atoms with Gasteiger partial charge in [0.15, 0.2) is 0 Å². The maximum absolute atomic E-state index is 11.8. The zero-order chi connectivity index (χ0) is 13.5. The molecule has 4 nitrogen and oxygen atoms in total. The lowest BCUT2D eigenvalue weighted by Crippen LogP contribution is -2.14. The van der Waals surface area contributed by atoms with Crippen molar-refractivity contribution in [3.05, 3.63) is 59.9 Å². The van der Waals surface area contributed by atoms with Crippen LogP contribution in [-0.2, 0) is 17.6 Å². The summed E-state index contributed by atoms with van der Waals surface area (Å²) in [5, 5.41) is 2.87. The largest absolute Gasteiger partial charge is 0.330 e. The summed E-state index contributed by atoms with van der Waals surface area (Å²) >= 11 is 0. The van der Waals surface area contributed by atoms with E-state index in [1.54, 1.807) is 12.4 Å². The van der Waals surface area contributed by atoms with Crippen LogP contribution < -0.4 is 11.1 Å².